The molecule has 2 fully saturated rings. The number of benzene rings is 1. The molecule has 0 radical (unpaired) electrons. The number of nitrogens with zero attached hydrogens (tertiary/aromatic N) is 4. The second kappa shape index (κ2) is 9.51. The highest BCUT2D eigenvalue weighted by Crippen LogP contribution is 2.29. The first-order chi connectivity index (χ1) is 15.0. The lowest BCUT2D eigenvalue weighted by molar-refractivity contribution is -0.136. The van der Waals surface area contributed by atoms with Gasteiger partial charge in [0.2, 0.25) is 5.91 Å². The summed E-state index contributed by atoms with van der Waals surface area (Å²) in [6.45, 7) is 9.25. The monoisotopic (exact) mass is 424 g/mol. The number of para-hydroxylation sites is 1. The van der Waals surface area contributed by atoms with Crippen LogP contribution in [0.25, 0.3) is 10.9 Å². The van der Waals surface area contributed by atoms with E-state index in [1.807, 2.05) is 31.2 Å². The van der Waals surface area contributed by atoms with E-state index in [4.69, 9.17) is 4.98 Å². The molecule has 2 atom stereocenters. The van der Waals surface area contributed by atoms with Crippen molar-refractivity contribution in [2.45, 2.75) is 77.9 Å². The van der Waals surface area contributed by atoms with Gasteiger partial charge in [0.15, 0.2) is 0 Å². The summed E-state index contributed by atoms with van der Waals surface area (Å²) in [5.41, 5.74) is 0.788. The number of fused-ring (bicyclic) bond motifs is 1. The highest BCUT2D eigenvalue weighted by molar-refractivity contribution is 5.77. The minimum absolute atomic E-state index is 0.0236. The van der Waals surface area contributed by atoms with E-state index in [-0.39, 0.29) is 17.6 Å². The van der Waals surface area contributed by atoms with Crippen molar-refractivity contribution in [1.82, 2.24) is 19.4 Å². The first-order valence-corrected chi connectivity index (χ1v) is 12.0. The Morgan fingerprint density at radius 1 is 1.19 bits per heavy atom. The van der Waals surface area contributed by atoms with Gasteiger partial charge in [0, 0.05) is 38.6 Å². The number of hydrogen-bond donors (Lipinski definition) is 0. The molecule has 31 heavy (non-hydrogen) atoms. The number of hydrogen-bond acceptors (Lipinski definition) is 4. The van der Waals surface area contributed by atoms with Gasteiger partial charge in [-0.15, -0.1) is 0 Å². The zero-order valence-corrected chi connectivity index (χ0v) is 19.2. The summed E-state index contributed by atoms with van der Waals surface area (Å²) >= 11 is 0. The largest absolute Gasteiger partial charge is 0.337 e. The van der Waals surface area contributed by atoms with Crippen LogP contribution in [0.1, 0.15) is 71.2 Å². The van der Waals surface area contributed by atoms with Crippen molar-refractivity contribution in [3.05, 3.63) is 40.4 Å². The number of piperazine rings is 1. The lowest BCUT2D eigenvalue weighted by Gasteiger charge is -2.42. The van der Waals surface area contributed by atoms with Crippen molar-refractivity contribution < 1.29 is 4.79 Å². The van der Waals surface area contributed by atoms with Crippen molar-refractivity contribution in [3.8, 4) is 0 Å². The maximum absolute atomic E-state index is 13.0. The van der Waals surface area contributed by atoms with Crippen LogP contribution in [-0.4, -0.2) is 50.9 Å². The minimum atomic E-state index is 0.0236. The first-order valence-electron chi connectivity index (χ1n) is 12.0. The Morgan fingerprint density at radius 3 is 2.65 bits per heavy atom. The Labute approximate surface area is 185 Å². The Morgan fingerprint density at radius 2 is 1.94 bits per heavy atom. The maximum Gasteiger partial charge on any atom is 0.261 e. The van der Waals surface area contributed by atoms with Crippen molar-refractivity contribution in [2.75, 3.05) is 19.6 Å². The van der Waals surface area contributed by atoms with E-state index >= 15 is 0 Å². The highest BCUT2D eigenvalue weighted by atomic mass is 16.2. The van der Waals surface area contributed by atoms with Crippen LogP contribution in [-0.2, 0) is 11.3 Å². The maximum atomic E-state index is 13.0. The Kier molecular flexibility index (Phi) is 6.75. The Bertz CT molecular complexity index is 979. The van der Waals surface area contributed by atoms with E-state index in [0.717, 1.165) is 43.3 Å². The SMILES string of the molecule is CCn1c(C(C)N2CCN(C(=O)CCC3CCCC3)C(C)C2)nc2ccccc2c1=O. The molecule has 1 saturated heterocycles. The van der Waals surface area contributed by atoms with Crippen molar-refractivity contribution >= 4 is 16.8 Å². The average molecular weight is 425 g/mol. The second-order valence-electron chi connectivity index (χ2n) is 9.33. The molecule has 1 aliphatic carbocycles. The summed E-state index contributed by atoms with van der Waals surface area (Å²) in [5, 5.41) is 0.673. The molecule has 0 spiro atoms. The topological polar surface area (TPSA) is 58.4 Å². The highest BCUT2D eigenvalue weighted by Gasteiger charge is 2.32. The molecule has 1 aliphatic heterocycles. The Hall–Kier alpha value is -2.21. The van der Waals surface area contributed by atoms with Crippen LogP contribution in [0.4, 0.5) is 0 Å². The van der Waals surface area contributed by atoms with Crippen LogP contribution in [0.2, 0.25) is 0 Å². The third-order valence-corrected chi connectivity index (χ3v) is 7.35. The van der Waals surface area contributed by atoms with Gasteiger partial charge in [0.05, 0.1) is 16.9 Å². The molecule has 2 unspecified atom stereocenters. The number of amides is 1. The van der Waals surface area contributed by atoms with Crippen LogP contribution in [0.15, 0.2) is 29.1 Å². The molecule has 0 N–H and O–H groups in total. The normalized spacial score (nSPS) is 21.6. The van der Waals surface area contributed by atoms with Gasteiger partial charge in [0.25, 0.3) is 5.56 Å². The van der Waals surface area contributed by atoms with Crippen LogP contribution < -0.4 is 5.56 Å². The van der Waals surface area contributed by atoms with Gasteiger partial charge in [-0.2, -0.15) is 0 Å². The Balaban J connectivity index is 1.45. The summed E-state index contributed by atoms with van der Waals surface area (Å²) in [4.78, 5) is 35.2. The summed E-state index contributed by atoms with van der Waals surface area (Å²) in [6.07, 6.45) is 6.99. The average Bonchev–Trinajstić information content (AvgIpc) is 3.30. The van der Waals surface area contributed by atoms with E-state index in [2.05, 4.69) is 23.6 Å². The van der Waals surface area contributed by atoms with Gasteiger partial charge in [-0.25, -0.2) is 4.98 Å². The van der Waals surface area contributed by atoms with Gasteiger partial charge in [-0.1, -0.05) is 37.8 Å². The second-order valence-corrected chi connectivity index (χ2v) is 9.33. The molecule has 4 rings (SSSR count). The summed E-state index contributed by atoms with van der Waals surface area (Å²) in [7, 11) is 0. The number of rotatable bonds is 6. The predicted octanol–water partition coefficient (Wildman–Crippen LogP) is 3.98. The molecule has 1 aromatic carbocycles. The van der Waals surface area contributed by atoms with Crippen LogP contribution in [0.5, 0.6) is 0 Å². The smallest absolute Gasteiger partial charge is 0.261 e. The van der Waals surface area contributed by atoms with E-state index in [0.29, 0.717) is 24.3 Å². The summed E-state index contributed by atoms with van der Waals surface area (Å²) < 4.78 is 1.80. The molecule has 6 heteroatoms. The fraction of sp³-hybridized carbons (Fsp3) is 0.640. The minimum Gasteiger partial charge on any atom is -0.337 e. The van der Waals surface area contributed by atoms with Crippen molar-refractivity contribution in [1.29, 1.82) is 0 Å². The first kappa shape index (κ1) is 22.0. The molecule has 1 saturated carbocycles. The van der Waals surface area contributed by atoms with E-state index in [1.54, 1.807) is 4.57 Å². The standard InChI is InChI=1S/C25H36N4O2/c1-4-28-24(26-22-12-8-7-11-21(22)25(28)31)19(3)27-15-16-29(18(2)17-27)23(30)14-13-20-9-5-6-10-20/h7-8,11-12,18-20H,4-6,9-10,13-17H2,1-3H3. The number of aromatic nitrogens is 2. The van der Waals surface area contributed by atoms with Crippen molar-refractivity contribution in [2.24, 2.45) is 5.92 Å². The third kappa shape index (κ3) is 4.54. The van der Waals surface area contributed by atoms with Gasteiger partial charge in [0.1, 0.15) is 5.82 Å². The van der Waals surface area contributed by atoms with E-state index in [9.17, 15) is 9.59 Å². The lowest BCUT2D eigenvalue weighted by atomic mass is 10.0. The van der Waals surface area contributed by atoms with Gasteiger partial charge >= 0.3 is 0 Å². The third-order valence-electron chi connectivity index (χ3n) is 7.35. The van der Waals surface area contributed by atoms with Gasteiger partial charge < -0.3 is 4.90 Å². The predicted molar refractivity (Wildman–Crippen MR) is 124 cm³/mol. The quantitative estimate of drug-likeness (QED) is 0.704. The lowest BCUT2D eigenvalue weighted by Crippen LogP contribution is -2.54. The van der Waals surface area contributed by atoms with Crippen LogP contribution in [0, 0.1) is 5.92 Å². The van der Waals surface area contributed by atoms with Crippen LogP contribution >= 0.6 is 0 Å². The fourth-order valence-corrected chi connectivity index (χ4v) is 5.45. The number of carbonyl (C=O) groups is 1. The molecule has 1 amide bonds. The zero-order chi connectivity index (χ0) is 22.0. The zero-order valence-electron chi connectivity index (χ0n) is 19.2. The van der Waals surface area contributed by atoms with Crippen molar-refractivity contribution in [3.63, 3.8) is 0 Å². The molecular weight excluding hydrogens is 388 g/mol. The van der Waals surface area contributed by atoms with E-state index in [1.165, 1.54) is 25.7 Å². The molecule has 168 valence electrons. The summed E-state index contributed by atoms with van der Waals surface area (Å²) in [5.74, 6) is 1.88. The molecule has 0 bridgehead atoms. The van der Waals surface area contributed by atoms with Crippen LogP contribution in [0.3, 0.4) is 0 Å². The molecule has 2 aromatic rings. The van der Waals surface area contributed by atoms with Gasteiger partial charge in [-0.3, -0.25) is 19.1 Å². The molecule has 2 aliphatic rings. The number of carbonyl (C=O) groups excluding carboxylic acids is 1. The molecule has 2 heterocycles. The summed E-state index contributed by atoms with van der Waals surface area (Å²) in [6, 6.07) is 7.78. The molecule has 6 nitrogen and oxygen atoms in total. The van der Waals surface area contributed by atoms with Gasteiger partial charge in [-0.05, 0) is 45.2 Å². The molecular formula is C25H36N4O2. The van der Waals surface area contributed by atoms with E-state index < -0.39 is 0 Å². The fourth-order valence-electron chi connectivity index (χ4n) is 5.45. The molecule has 1 aromatic heterocycles.